The monoisotopic (exact) mass is 516 g/mol. The third-order valence-electron chi connectivity index (χ3n) is 5.18. The van der Waals surface area contributed by atoms with Gasteiger partial charge in [-0.1, -0.05) is 6.07 Å². The second kappa shape index (κ2) is 10.8. The van der Waals surface area contributed by atoms with E-state index in [9.17, 15) is 14.4 Å². The molecule has 2 aromatic rings. The molecule has 33 heavy (non-hydrogen) atoms. The van der Waals surface area contributed by atoms with E-state index >= 15 is 0 Å². The molecular weight excluding hydrogens is 488 g/mol. The molecule has 3 N–H and O–H groups in total. The smallest absolute Gasteiger partial charge is 0.407 e. The number of aromatic nitrogens is 1. The molecule has 0 unspecified atom stereocenters. The number of hydrogen-bond acceptors (Lipinski definition) is 5. The number of hydrogen-bond donors (Lipinski definition) is 3. The van der Waals surface area contributed by atoms with Crippen molar-refractivity contribution in [2.45, 2.75) is 58.1 Å². The molecule has 8 nitrogen and oxygen atoms in total. The molecule has 3 amide bonds. The molecule has 0 spiro atoms. The number of carbonyl (C=O) groups excluding carboxylic acids is 3. The lowest BCUT2D eigenvalue weighted by molar-refractivity contribution is -0.120. The van der Waals surface area contributed by atoms with Crippen LogP contribution < -0.4 is 16.0 Å². The molecule has 1 saturated carbocycles. The first-order valence-electron chi connectivity index (χ1n) is 10.9. The summed E-state index contributed by atoms with van der Waals surface area (Å²) in [7, 11) is 0. The number of ether oxygens (including phenoxy) is 1. The third-order valence-corrected chi connectivity index (χ3v) is 5.62. The van der Waals surface area contributed by atoms with Crippen LogP contribution in [0, 0.1) is 5.92 Å². The van der Waals surface area contributed by atoms with Gasteiger partial charge in [-0.15, -0.1) is 0 Å². The van der Waals surface area contributed by atoms with Crippen molar-refractivity contribution < 1.29 is 19.1 Å². The summed E-state index contributed by atoms with van der Waals surface area (Å²) in [5.74, 6) is -0.464. The molecule has 0 aliphatic heterocycles. The van der Waals surface area contributed by atoms with Crippen LogP contribution in [0.5, 0.6) is 0 Å². The Morgan fingerprint density at radius 3 is 2.12 bits per heavy atom. The van der Waals surface area contributed by atoms with Gasteiger partial charge in [-0.3, -0.25) is 9.59 Å². The molecule has 9 heteroatoms. The molecule has 0 bridgehead atoms. The molecule has 0 atom stereocenters. The molecule has 1 fully saturated rings. The van der Waals surface area contributed by atoms with Crippen LogP contribution in [-0.4, -0.2) is 34.5 Å². The number of rotatable bonds is 5. The topological polar surface area (TPSA) is 109 Å². The van der Waals surface area contributed by atoms with Gasteiger partial charge < -0.3 is 20.7 Å². The van der Waals surface area contributed by atoms with Crippen LogP contribution in [0.3, 0.4) is 0 Å². The Bertz CT molecular complexity index is 996. The van der Waals surface area contributed by atoms with Crippen molar-refractivity contribution in [1.29, 1.82) is 0 Å². The van der Waals surface area contributed by atoms with Crippen molar-refractivity contribution >= 4 is 45.2 Å². The number of pyridine rings is 1. The summed E-state index contributed by atoms with van der Waals surface area (Å²) in [6.07, 6.45) is 2.43. The summed E-state index contributed by atoms with van der Waals surface area (Å²) in [5.41, 5.74) is 1.04. The summed E-state index contributed by atoms with van der Waals surface area (Å²) in [5, 5.41) is 8.61. The highest BCUT2D eigenvalue weighted by Crippen LogP contribution is 2.26. The summed E-state index contributed by atoms with van der Waals surface area (Å²) in [6.45, 7) is 5.48. The van der Waals surface area contributed by atoms with E-state index in [2.05, 4.69) is 36.9 Å². The van der Waals surface area contributed by atoms with Crippen LogP contribution in [0.25, 0.3) is 0 Å². The van der Waals surface area contributed by atoms with Crippen LogP contribution in [0.15, 0.2) is 47.1 Å². The minimum Gasteiger partial charge on any atom is -0.444 e. The first kappa shape index (κ1) is 24.7. The van der Waals surface area contributed by atoms with E-state index in [0.717, 1.165) is 12.8 Å². The van der Waals surface area contributed by atoms with Gasteiger partial charge in [-0.05, 0) is 98.8 Å². The molecule has 1 aromatic carbocycles. The van der Waals surface area contributed by atoms with Crippen molar-refractivity contribution in [3.05, 3.63) is 52.8 Å². The largest absolute Gasteiger partial charge is 0.444 e. The first-order chi connectivity index (χ1) is 15.6. The lowest BCUT2D eigenvalue weighted by Gasteiger charge is -2.29. The molecule has 3 rings (SSSR count). The van der Waals surface area contributed by atoms with Crippen molar-refractivity contribution in [1.82, 2.24) is 10.3 Å². The SMILES string of the molecule is CC(C)(C)OC(=O)N[C@H]1CC[C@H](C(=O)Nc2ccc(NC(=O)c3cccc(Br)n3)cc2)CC1. The van der Waals surface area contributed by atoms with Crippen LogP contribution >= 0.6 is 15.9 Å². The molecule has 176 valence electrons. The Morgan fingerprint density at radius 2 is 1.55 bits per heavy atom. The molecule has 0 radical (unpaired) electrons. The predicted octanol–water partition coefficient (Wildman–Crippen LogP) is 5.12. The fourth-order valence-electron chi connectivity index (χ4n) is 3.59. The minimum atomic E-state index is -0.533. The normalized spacial score (nSPS) is 18.2. The Morgan fingerprint density at radius 1 is 0.939 bits per heavy atom. The van der Waals surface area contributed by atoms with Crippen LogP contribution in [0.1, 0.15) is 56.9 Å². The maximum absolute atomic E-state index is 12.7. The zero-order valence-electron chi connectivity index (χ0n) is 19.0. The van der Waals surface area contributed by atoms with Crippen molar-refractivity contribution in [2.24, 2.45) is 5.92 Å². The Labute approximate surface area is 202 Å². The van der Waals surface area contributed by atoms with E-state index in [0.29, 0.717) is 34.5 Å². The fraction of sp³-hybridized carbons (Fsp3) is 0.417. The van der Waals surface area contributed by atoms with Gasteiger partial charge in [0.25, 0.3) is 5.91 Å². The summed E-state index contributed by atoms with van der Waals surface area (Å²) >= 11 is 3.25. The van der Waals surface area contributed by atoms with Gasteiger partial charge in [0.2, 0.25) is 5.91 Å². The van der Waals surface area contributed by atoms with Gasteiger partial charge in [0, 0.05) is 23.3 Å². The van der Waals surface area contributed by atoms with Gasteiger partial charge >= 0.3 is 6.09 Å². The average molecular weight is 517 g/mol. The van der Waals surface area contributed by atoms with E-state index in [-0.39, 0.29) is 23.8 Å². The van der Waals surface area contributed by atoms with Gasteiger partial charge in [0.05, 0.1) is 0 Å². The number of amides is 3. The maximum atomic E-state index is 12.7. The standard InChI is InChI=1S/C24H29BrN4O4/c1-24(2,3)33-23(32)28-18-9-7-15(8-10-18)21(30)26-16-11-13-17(14-12-16)27-22(31)19-5-4-6-20(25)29-19/h4-6,11-15,18H,7-10H2,1-3H3,(H,26,30)(H,27,31)(H,28,32)/t15-,18-. The molecule has 1 aliphatic rings. The molecule has 1 heterocycles. The van der Waals surface area contributed by atoms with Crippen LogP contribution in [-0.2, 0) is 9.53 Å². The quantitative estimate of drug-likeness (QED) is 0.477. The van der Waals surface area contributed by atoms with E-state index in [1.165, 1.54) is 0 Å². The Hall–Kier alpha value is -2.94. The van der Waals surface area contributed by atoms with Gasteiger partial charge in [-0.25, -0.2) is 9.78 Å². The highest BCUT2D eigenvalue weighted by molar-refractivity contribution is 9.10. The van der Waals surface area contributed by atoms with Crippen molar-refractivity contribution in [3.8, 4) is 0 Å². The Balaban J connectivity index is 1.45. The second-order valence-corrected chi connectivity index (χ2v) is 9.87. The number of benzene rings is 1. The fourth-order valence-corrected chi connectivity index (χ4v) is 3.93. The summed E-state index contributed by atoms with van der Waals surface area (Å²) in [6, 6.07) is 12.1. The number of carbonyl (C=O) groups is 3. The van der Waals surface area contributed by atoms with E-state index in [1.54, 1.807) is 42.5 Å². The maximum Gasteiger partial charge on any atom is 0.407 e. The Kier molecular flexibility index (Phi) is 8.07. The third kappa shape index (κ3) is 7.85. The first-order valence-corrected chi connectivity index (χ1v) is 11.7. The number of alkyl carbamates (subject to hydrolysis) is 1. The van der Waals surface area contributed by atoms with Crippen LogP contribution in [0.2, 0.25) is 0 Å². The van der Waals surface area contributed by atoms with Crippen molar-refractivity contribution in [2.75, 3.05) is 10.6 Å². The number of nitrogens with zero attached hydrogens (tertiary/aromatic N) is 1. The molecule has 1 aliphatic carbocycles. The van der Waals surface area contributed by atoms with E-state index < -0.39 is 11.7 Å². The number of halogens is 1. The number of anilines is 2. The highest BCUT2D eigenvalue weighted by Gasteiger charge is 2.28. The van der Waals surface area contributed by atoms with Crippen LogP contribution in [0.4, 0.5) is 16.2 Å². The summed E-state index contributed by atoms with van der Waals surface area (Å²) < 4.78 is 5.88. The highest BCUT2D eigenvalue weighted by atomic mass is 79.9. The molecular formula is C24H29BrN4O4. The zero-order valence-corrected chi connectivity index (χ0v) is 20.6. The predicted molar refractivity (Wildman–Crippen MR) is 130 cm³/mol. The van der Waals surface area contributed by atoms with Crippen molar-refractivity contribution in [3.63, 3.8) is 0 Å². The van der Waals surface area contributed by atoms with E-state index in [1.807, 2.05) is 20.8 Å². The van der Waals surface area contributed by atoms with Gasteiger partial charge in [0.1, 0.15) is 15.9 Å². The molecule has 0 saturated heterocycles. The second-order valence-electron chi connectivity index (χ2n) is 9.06. The number of nitrogens with one attached hydrogen (secondary N) is 3. The van der Waals surface area contributed by atoms with Gasteiger partial charge in [-0.2, -0.15) is 0 Å². The average Bonchev–Trinajstić information content (AvgIpc) is 2.74. The molecule has 1 aromatic heterocycles. The summed E-state index contributed by atoms with van der Waals surface area (Å²) in [4.78, 5) is 41.0. The van der Waals surface area contributed by atoms with E-state index in [4.69, 9.17) is 4.74 Å². The lowest BCUT2D eigenvalue weighted by atomic mass is 9.85. The zero-order chi connectivity index (χ0) is 24.0. The van der Waals surface area contributed by atoms with Gasteiger partial charge in [0.15, 0.2) is 0 Å². The minimum absolute atomic E-state index is 0.0199. The lowest BCUT2D eigenvalue weighted by Crippen LogP contribution is -2.42.